The molecule has 94 valence electrons. The third kappa shape index (κ3) is 4.63. The Balaban J connectivity index is 2.58. The van der Waals surface area contributed by atoms with E-state index in [1.165, 1.54) is 5.56 Å². The Kier molecular flexibility index (Phi) is 5.91. The lowest BCUT2D eigenvalue weighted by Gasteiger charge is -2.12. The van der Waals surface area contributed by atoms with Crippen LogP contribution in [0.3, 0.4) is 0 Å². The molecule has 4 heteroatoms. The summed E-state index contributed by atoms with van der Waals surface area (Å²) in [4.78, 5) is 11.9. The van der Waals surface area contributed by atoms with E-state index in [0.717, 1.165) is 22.1 Å². The van der Waals surface area contributed by atoms with E-state index in [0.29, 0.717) is 6.54 Å². The summed E-state index contributed by atoms with van der Waals surface area (Å²) in [6.45, 7) is 4.63. The number of hydrogen-bond donors (Lipinski definition) is 2. The van der Waals surface area contributed by atoms with Gasteiger partial charge < -0.3 is 11.1 Å². The van der Waals surface area contributed by atoms with E-state index in [1.807, 2.05) is 25.1 Å². The van der Waals surface area contributed by atoms with Crippen LogP contribution in [0.4, 0.5) is 5.69 Å². The van der Waals surface area contributed by atoms with Gasteiger partial charge in [0.15, 0.2) is 0 Å². The lowest BCUT2D eigenvalue weighted by atomic mass is 10.0. The molecule has 1 aromatic carbocycles. The molecule has 0 fully saturated rings. The van der Waals surface area contributed by atoms with E-state index in [4.69, 9.17) is 5.73 Å². The van der Waals surface area contributed by atoms with Crippen LogP contribution in [0, 0.1) is 16.4 Å². The Morgan fingerprint density at radius 2 is 2.24 bits per heavy atom. The number of carbonyl (C=O) groups excluding carboxylic acids is 1. The van der Waals surface area contributed by atoms with Crippen LogP contribution in [-0.2, 0) is 4.79 Å². The second-order valence-corrected chi connectivity index (χ2v) is 5.45. The SMILES string of the molecule is Cc1ccc(NC(=O)C(C)CCCN)cc1I. The fourth-order valence-electron chi connectivity index (χ4n) is 1.49. The van der Waals surface area contributed by atoms with Crippen LogP contribution in [0.2, 0.25) is 0 Å². The van der Waals surface area contributed by atoms with Crippen LogP contribution in [0.25, 0.3) is 0 Å². The van der Waals surface area contributed by atoms with E-state index in [9.17, 15) is 4.79 Å². The molecule has 0 saturated heterocycles. The van der Waals surface area contributed by atoms with Gasteiger partial charge in [0.1, 0.15) is 0 Å². The molecule has 0 bridgehead atoms. The minimum absolute atomic E-state index is 0.0116. The number of nitrogens with one attached hydrogen (secondary N) is 1. The van der Waals surface area contributed by atoms with Gasteiger partial charge in [-0.1, -0.05) is 13.0 Å². The number of aryl methyl sites for hydroxylation is 1. The highest BCUT2D eigenvalue weighted by molar-refractivity contribution is 14.1. The quantitative estimate of drug-likeness (QED) is 0.806. The normalized spacial score (nSPS) is 12.2. The molecule has 0 aliphatic rings. The molecule has 3 N–H and O–H groups in total. The molecular weight excluding hydrogens is 327 g/mol. The van der Waals surface area contributed by atoms with Crippen LogP contribution >= 0.6 is 22.6 Å². The molecular formula is C13H19IN2O. The van der Waals surface area contributed by atoms with Crippen molar-refractivity contribution in [2.75, 3.05) is 11.9 Å². The maximum absolute atomic E-state index is 11.9. The van der Waals surface area contributed by atoms with Crippen LogP contribution < -0.4 is 11.1 Å². The smallest absolute Gasteiger partial charge is 0.227 e. The van der Waals surface area contributed by atoms with E-state index in [2.05, 4.69) is 34.8 Å². The van der Waals surface area contributed by atoms with E-state index < -0.39 is 0 Å². The second-order valence-electron chi connectivity index (χ2n) is 4.29. The van der Waals surface area contributed by atoms with Crippen LogP contribution in [0.1, 0.15) is 25.3 Å². The average Bonchev–Trinajstić information content (AvgIpc) is 2.30. The Morgan fingerprint density at radius 3 is 2.82 bits per heavy atom. The molecule has 1 unspecified atom stereocenters. The third-order valence-corrected chi connectivity index (χ3v) is 3.89. The van der Waals surface area contributed by atoms with E-state index >= 15 is 0 Å². The molecule has 0 aliphatic heterocycles. The fourth-order valence-corrected chi connectivity index (χ4v) is 2.01. The predicted octanol–water partition coefficient (Wildman–Crippen LogP) is 2.91. The Hall–Kier alpha value is -0.620. The van der Waals surface area contributed by atoms with Crippen molar-refractivity contribution in [1.29, 1.82) is 0 Å². The van der Waals surface area contributed by atoms with Crippen molar-refractivity contribution in [3.63, 3.8) is 0 Å². The summed E-state index contributed by atoms with van der Waals surface area (Å²) in [5, 5.41) is 2.93. The molecule has 0 spiro atoms. The summed E-state index contributed by atoms with van der Waals surface area (Å²) < 4.78 is 1.16. The van der Waals surface area contributed by atoms with Crippen molar-refractivity contribution in [3.8, 4) is 0 Å². The Labute approximate surface area is 116 Å². The number of hydrogen-bond acceptors (Lipinski definition) is 2. The second kappa shape index (κ2) is 6.96. The van der Waals surface area contributed by atoms with Crippen molar-refractivity contribution in [2.45, 2.75) is 26.7 Å². The molecule has 0 saturated carbocycles. The maximum atomic E-state index is 11.9. The minimum atomic E-state index is 0.0116. The molecule has 1 aromatic rings. The summed E-state index contributed by atoms with van der Waals surface area (Å²) in [5.41, 5.74) is 7.52. The zero-order valence-corrected chi connectivity index (χ0v) is 12.5. The molecule has 1 rings (SSSR count). The largest absolute Gasteiger partial charge is 0.330 e. The number of anilines is 1. The molecule has 0 aromatic heterocycles. The monoisotopic (exact) mass is 346 g/mol. The van der Waals surface area contributed by atoms with E-state index in [1.54, 1.807) is 0 Å². The lowest BCUT2D eigenvalue weighted by molar-refractivity contribution is -0.119. The number of benzene rings is 1. The van der Waals surface area contributed by atoms with Gasteiger partial charge in [-0.05, 0) is 66.6 Å². The van der Waals surface area contributed by atoms with Crippen molar-refractivity contribution >= 4 is 34.2 Å². The summed E-state index contributed by atoms with van der Waals surface area (Å²) in [6, 6.07) is 5.94. The molecule has 0 radical (unpaired) electrons. The number of rotatable bonds is 5. The molecule has 0 aliphatic carbocycles. The highest BCUT2D eigenvalue weighted by Crippen LogP contribution is 2.18. The number of carbonyl (C=O) groups is 1. The minimum Gasteiger partial charge on any atom is -0.330 e. The van der Waals surface area contributed by atoms with Gasteiger partial charge in [-0.3, -0.25) is 4.79 Å². The van der Waals surface area contributed by atoms with Gasteiger partial charge in [-0.25, -0.2) is 0 Å². The fraction of sp³-hybridized carbons (Fsp3) is 0.462. The zero-order valence-electron chi connectivity index (χ0n) is 10.3. The van der Waals surface area contributed by atoms with Crippen LogP contribution in [0.15, 0.2) is 18.2 Å². The molecule has 17 heavy (non-hydrogen) atoms. The summed E-state index contributed by atoms with van der Waals surface area (Å²) >= 11 is 2.27. The molecule has 0 heterocycles. The highest BCUT2D eigenvalue weighted by Gasteiger charge is 2.12. The number of amides is 1. The van der Waals surface area contributed by atoms with Gasteiger partial charge in [0.05, 0.1) is 0 Å². The Morgan fingerprint density at radius 1 is 1.53 bits per heavy atom. The van der Waals surface area contributed by atoms with Gasteiger partial charge in [0, 0.05) is 15.2 Å². The first kappa shape index (κ1) is 14.4. The molecule has 1 atom stereocenters. The number of halogens is 1. The topological polar surface area (TPSA) is 55.1 Å². The van der Waals surface area contributed by atoms with Crippen molar-refractivity contribution in [3.05, 3.63) is 27.3 Å². The first-order valence-corrected chi connectivity index (χ1v) is 6.89. The van der Waals surface area contributed by atoms with Gasteiger partial charge in [-0.2, -0.15) is 0 Å². The van der Waals surface area contributed by atoms with Gasteiger partial charge in [0.2, 0.25) is 5.91 Å². The molecule has 3 nitrogen and oxygen atoms in total. The van der Waals surface area contributed by atoms with E-state index in [-0.39, 0.29) is 11.8 Å². The van der Waals surface area contributed by atoms with Gasteiger partial charge >= 0.3 is 0 Å². The van der Waals surface area contributed by atoms with Crippen LogP contribution in [-0.4, -0.2) is 12.5 Å². The molecule has 1 amide bonds. The Bertz CT molecular complexity index is 393. The van der Waals surface area contributed by atoms with Gasteiger partial charge in [0.25, 0.3) is 0 Å². The standard InChI is InChI=1S/C13H19IN2O/c1-9-5-6-11(8-12(9)14)16-13(17)10(2)4-3-7-15/h5-6,8,10H,3-4,7,15H2,1-2H3,(H,16,17). The first-order chi connectivity index (χ1) is 8.04. The zero-order chi connectivity index (χ0) is 12.8. The van der Waals surface area contributed by atoms with Crippen molar-refractivity contribution < 1.29 is 4.79 Å². The average molecular weight is 346 g/mol. The summed E-state index contributed by atoms with van der Waals surface area (Å²) in [7, 11) is 0. The predicted molar refractivity (Wildman–Crippen MR) is 80.0 cm³/mol. The lowest BCUT2D eigenvalue weighted by Crippen LogP contribution is -2.21. The summed E-state index contributed by atoms with van der Waals surface area (Å²) in [5.74, 6) is 0.0793. The summed E-state index contributed by atoms with van der Waals surface area (Å²) in [6.07, 6.45) is 1.73. The highest BCUT2D eigenvalue weighted by atomic mass is 127. The van der Waals surface area contributed by atoms with Crippen LogP contribution in [0.5, 0.6) is 0 Å². The van der Waals surface area contributed by atoms with Crippen molar-refractivity contribution in [2.24, 2.45) is 11.7 Å². The number of nitrogens with two attached hydrogens (primary N) is 1. The van der Waals surface area contributed by atoms with Gasteiger partial charge in [-0.15, -0.1) is 0 Å². The van der Waals surface area contributed by atoms with Crippen molar-refractivity contribution in [1.82, 2.24) is 0 Å². The maximum Gasteiger partial charge on any atom is 0.227 e. The third-order valence-electron chi connectivity index (χ3n) is 2.73. The first-order valence-electron chi connectivity index (χ1n) is 5.81.